The second-order valence-electron chi connectivity index (χ2n) is 5.54. The van der Waals surface area contributed by atoms with Crippen molar-refractivity contribution in [1.82, 2.24) is 15.0 Å². The van der Waals surface area contributed by atoms with Crippen LogP contribution >= 0.6 is 11.3 Å². The van der Waals surface area contributed by atoms with Crippen molar-refractivity contribution >= 4 is 28.2 Å². The predicted molar refractivity (Wildman–Crippen MR) is 87.4 cm³/mol. The summed E-state index contributed by atoms with van der Waals surface area (Å²) in [5, 5.41) is 5.49. The van der Waals surface area contributed by atoms with Crippen molar-refractivity contribution in [1.29, 1.82) is 0 Å². The van der Waals surface area contributed by atoms with Crippen LogP contribution in [0.1, 0.15) is 37.1 Å². The first-order chi connectivity index (χ1) is 10.6. The highest BCUT2D eigenvalue weighted by molar-refractivity contribution is 7.13. The van der Waals surface area contributed by atoms with Gasteiger partial charge in [-0.3, -0.25) is 4.79 Å². The number of hydrogen-bond donors (Lipinski definition) is 1. The van der Waals surface area contributed by atoms with Gasteiger partial charge in [0.25, 0.3) is 0 Å². The Kier molecular flexibility index (Phi) is 4.33. The quantitative estimate of drug-likeness (QED) is 0.942. The Balaban J connectivity index is 1.62. The molecule has 0 unspecified atom stereocenters. The van der Waals surface area contributed by atoms with Gasteiger partial charge in [0.1, 0.15) is 12.1 Å². The van der Waals surface area contributed by atoms with E-state index in [2.05, 4.69) is 30.5 Å². The topological polar surface area (TPSA) is 71.0 Å². The van der Waals surface area contributed by atoms with Gasteiger partial charge in [0.15, 0.2) is 5.13 Å². The first-order valence-electron chi connectivity index (χ1n) is 7.38. The maximum atomic E-state index is 11.1. The van der Waals surface area contributed by atoms with Crippen LogP contribution in [0.15, 0.2) is 17.8 Å². The number of thiazole rings is 1. The van der Waals surface area contributed by atoms with Gasteiger partial charge in [-0.15, -0.1) is 11.3 Å². The minimum Gasteiger partial charge on any atom is -0.356 e. The van der Waals surface area contributed by atoms with Gasteiger partial charge in [-0.25, -0.2) is 15.0 Å². The van der Waals surface area contributed by atoms with Crippen molar-refractivity contribution < 1.29 is 4.79 Å². The lowest BCUT2D eigenvalue weighted by Gasteiger charge is -2.32. The van der Waals surface area contributed by atoms with Crippen LogP contribution in [0.5, 0.6) is 0 Å². The van der Waals surface area contributed by atoms with Crippen LogP contribution in [-0.2, 0) is 4.79 Å². The summed E-state index contributed by atoms with van der Waals surface area (Å²) in [4.78, 5) is 26.4. The summed E-state index contributed by atoms with van der Waals surface area (Å²) in [6, 6.07) is 2.03. The fourth-order valence-electron chi connectivity index (χ4n) is 2.70. The summed E-state index contributed by atoms with van der Waals surface area (Å²) >= 11 is 1.49. The summed E-state index contributed by atoms with van der Waals surface area (Å²) in [6.07, 6.45) is 3.72. The third-order valence-electron chi connectivity index (χ3n) is 3.83. The van der Waals surface area contributed by atoms with Gasteiger partial charge in [0, 0.05) is 43.1 Å². The highest BCUT2D eigenvalue weighted by Crippen LogP contribution is 2.31. The van der Waals surface area contributed by atoms with Crippen LogP contribution in [0.2, 0.25) is 0 Å². The summed E-state index contributed by atoms with van der Waals surface area (Å²) in [5.74, 6) is 1.39. The van der Waals surface area contributed by atoms with E-state index in [-0.39, 0.29) is 5.91 Å². The molecular formula is C15H19N5OS. The molecule has 0 radical (unpaired) electrons. The molecule has 0 aliphatic carbocycles. The molecule has 0 atom stereocenters. The van der Waals surface area contributed by atoms with Crippen molar-refractivity contribution in [3.63, 3.8) is 0 Å². The Hall–Kier alpha value is -2.02. The minimum atomic E-state index is -0.0742. The van der Waals surface area contributed by atoms with Crippen LogP contribution in [0.3, 0.4) is 0 Å². The summed E-state index contributed by atoms with van der Waals surface area (Å²) in [7, 11) is 0. The number of amides is 1. The Labute approximate surface area is 133 Å². The van der Waals surface area contributed by atoms with Crippen molar-refractivity contribution in [3.05, 3.63) is 29.2 Å². The van der Waals surface area contributed by atoms with E-state index in [4.69, 9.17) is 0 Å². The molecule has 3 rings (SSSR count). The fraction of sp³-hybridized carbons (Fsp3) is 0.467. The molecule has 1 aliphatic heterocycles. The van der Waals surface area contributed by atoms with E-state index in [0.29, 0.717) is 11.0 Å². The number of piperidine rings is 1. The molecule has 116 valence electrons. The molecule has 0 spiro atoms. The number of carbonyl (C=O) groups is 1. The molecule has 3 heterocycles. The highest BCUT2D eigenvalue weighted by atomic mass is 32.1. The molecule has 22 heavy (non-hydrogen) atoms. The van der Waals surface area contributed by atoms with Crippen molar-refractivity contribution in [2.45, 2.75) is 32.6 Å². The van der Waals surface area contributed by atoms with E-state index in [9.17, 15) is 4.79 Å². The van der Waals surface area contributed by atoms with Crippen LogP contribution in [0, 0.1) is 6.92 Å². The molecule has 6 nitrogen and oxygen atoms in total. The van der Waals surface area contributed by atoms with Gasteiger partial charge >= 0.3 is 0 Å². The number of nitrogens with zero attached hydrogens (tertiary/aromatic N) is 4. The van der Waals surface area contributed by atoms with Crippen molar-refractivity contribution in [3.8, 4) is 0 Å². The standard InChI is InChI=1S/C15H19N5OS/c1-10-7-14(17-9-16-10)20-5-3-12(4-6-20)13-8-22-15(19-13)18-11(2)21/h7-9,12H,3-6H2,1-2H3,(H,18,19,21). The number of nitrogens with one attached hydrogen (secondary N) is 1. The number of rotatable bonds is 3. The first kappa shape index (κ1) is 14.9. The van der Waals surface area contributed by atoms with Gasteiger partial charge < -0.3 is 10.2 Å². The lowest BCUT2D eigenvalue weighted by atomic mass is 9.94. The van der Waals surface area contributed by atoms with Crippen molar-refractivity contribution in [2.24, 2.45) is 0 Å². The number of aromatic nitrogens is 3. The Morgan fingerprint density at radius 2 is 2.14 bits per heavy atom. The fourth-order valence-corrected chi connectivity index (χ4v) is 3.54. The van der Waals surface area contributed by atoms with Crippen LogP contribution in [0.25, 0.3) is 0 Å². The average molecular weight is 317 g/mol. The van der Waals surface area contributed by atoms with Crippen molar-refractivity contribution in [2.75, 3.05) is 23.3 Å². The third kappa shape index (κ3) is 3.41. The number of hydrogen-bond acceptors (Lipinski definition) is 6. The lowest BCUT2D eigenvalue weighted by molar-refractivity contribution is -0.114. The Morgan fingerprint density at radius 1 is 1.36 bits per heavy atom. The summed E-state index contributed by atoms with van der Waals surface area (Å²) < 4.78 is 0. The molecule has 2 aromatic rings. The van der Waals surface area contributed by atoms with E-state index in [1.807, 2.05) is 13.0 Å². The molecular weight excluding hydrogens is 298 g/mol. The highest BCUT2D eigenvalue weighted by Gasteiger charge is 2.23. The molecule has 1 fully saturated rings. The molecule has 0 aromatic carbocycles. The van der Waals surface area contributed by atoms with Gasteiger partial charge in [-0.05, 0) is 19.8 Å². The van der Waals surface area contributed by atoms with E-state index >= 15 is 0 Å². The van der Waals surface area contributed by atoms with Gasteiger partial charge in [0.05, 0.1) is 5.69 Å². The maximum absolute atomic E-state index is 11.1. The smallest absolute Gasteiger partial charge is 0.223 e. The minimum absolute atomic E-state index is 0.0742. The van der Waals surface area contributed by atoms with E-state index in [0.717, 1.165) is 43.1 Å². The molecule has 1 N–H and O–H groups in total. The van der Waals surface area contributed by atoms with Crippen LogP contribution < -0.4 is 10.2 Å². The second kappa shape index (κ2) is 6.39. The number of carbonyl (C=O) groups excluding carboxylic acids is 1. The molecule has 1 saturated heterocycles. The zero-order valence-corrected chi connectivity index (χ0v) is 13.6. The second-order valence-corrected chi connectivity index (χ2v) is 6.40. The largest absolute Gasteiger partial charge is 0.356 e. The lowest BCUT2D eigenvalue weighted by Crippen LogP contribution is -2.33. The van der Waals surface area contributed by atoms with E-state index in [1.54, 1.807) is 6.33 Å². The van der Waals surface area contributed by atoms with Gasteiger partial charge in [-0.1, -0.05) is 0 Å². The number of aryl methyl sites for hydroxylation is 1. The zero-order valence-electron chi connectivity index (χ0n) is 12.7. The Bertz CT molecular complexity index is 663. The molecule has 7 heteroatoms. The first-order valence-corrected chi connectivity index (χ1v) is 8.26. The molecule has 1 aliphatic rings. The van der Waals surface area contributed by atoms with E-state index < -0.39 is 0 Å². The monoisotopic (exact) mass is 317 g/mol. The number of anilines is 2. The SMILES string of the molecule is CC(=O)Nc1nc(C2CCN(c3cc(C)ncn3)CC2)cs1. The summed E-state index contributed by atoms with van der Waals surface area (Å²) in [6.45, 7) is 5.42. The molecule has 1 amide bonds. The van der Waals surface area contributed by atoms with Crippen LogP contribution in [0.4, 0.5) is 10.9 Å². The molecule has 0 saturated carbocycles. The van der Waals surface area contributed by atoms with E-state index in [1.165, 1.54) is 18.3 Å². The maximum Gasteiger partial charge on any atom is 0.223 e. The average Bonchev–Trinajstić information content (AvgIpc) is 2.95. The summed E-state index contributed by atoms with van der Waals surface area (Å²) in [5.41, 5.74) is 2.08. The predicted octanol–water partition coefficient (Wildman–Crippen LogP) is 2.58. The normalized spacial score (nSPS) is 15.8. The zero-order chi connectivity index (χ0) is 15.5. The van der Waals surface area contributed by atoms with Gasteiger partial charge in [-0.2, -0.15) is 0 Å². The third-order valence-corrected chi connectivity index (χ3v) is 4.61. The molecule has 2 aromatic heterocycles. The molecule has 0 bridgehead atoms. The van der Waals surface area contributed by atoms with Gasteiger partial charge in [0.2, 0.25) is 5.91 Å². The Morgan fingerprint density at radius 3 is 2.82 bits per heavy atom. The van der Waals surface area contributed by atoms with Crippen LogP contribution in [-0.4, -0.2) is 33.9 Å².